The van der Waals surface area contributed by atoms with E-state index in [1.807, 2.05) is 19.1 Å². The molecule has 3 aromatic rings. The van der Waals surface area contributed by atoms with Crippen molar-refractivity contribution >= 4 is 34.5 Å². The van der Waals surface area contributed by atoms with Gasteiger partial charge >= 0.3 is 11.7 Å². The molecule has 0 aliphatic heterocycles. The smallest absolute Gasteiger partial charge is 0.411 e. The first kappa shape index (κ1) is 22.0. The number of aryl methyl sites for hydroxylation is 1. The molecule has 3 rings (SSSR count). The fourth-order valence-corrected chi connectivity index (χ4v) is 3.11. The third kappa shape index (κ3) is 6.13. The number of ether oxygens (including phenoxy) is 1. The third-order valence-electron chi connectivity index (χ3n) is 4.36. The number of hydrogen-bond acceptors (Lipinski definition) is 7. The molecule has 0 saturated carbocycles. The summed E-state index contributed by atoms with van der Waals surface area (Å²) in [4.78, 5) is 42.0. The molecule has 0 saturated heterocycles. The minimum atomic E-state index is -0.589. The second-order valence-electron chi connectivity index (χ2n) is 7.03. The quantitative estimate of drug-likeness (QED) is 0.560. The van der Waals surface area contributed by atoms with Gasteiger partial charge in [0.15, 0.2) is 0 Å². The molecule has 0 aliphatic rings. The van der Waals surface area contributed by atoms with E-state index in [1.165, 1.54) is 6.07 Å². The molecule has 9 nitrogen and oxygen atoms in total. The van der Waals surface area contributed by atoms with Gasteiger partial charge in [-0.25, -0.2) is 14.6 Å². The Bertz CT molecular complexity index is 1160. The van der Waals surface area contributed by atoms with Gasteiger partial charge in [-0.05, 0) is 50.7 Å². The van der Waals surface area contributed by atoms with Crippen molar-refractivity contribution < 1.29 is 18.7 Å². The molecule has 1 aromatic carbocycles. The Morgan fingerprint density at radius 3 is 2.71 bits per heavy atom. The number of anilines is 2. The fourth-order valence-electron chi connectivity index (χ4n) is 3.11. The lowest BCUT2D eigenvalue weighted by molar-refractivity contribution is -0.117. The van der Waals surface area contributed by atoms with Gasteiger partial charge in [0.1, 0.15) is 11.4 Å². The van der Waals surface area contributed by atoms with Crippen molar-refractivity contribution in [2.45, 2.75) is 20.4 Å². The Hall–Kier alpha value is -3.72. The highest BCUT2D eigenvalue weighted by molar-refractivity contribution is 5.91. The lowest BCUT2D eigenvalue weighted by Crippen LogP contribution is -2.30. The van der Waals surface area contributed by atoms with Gasteiger partial charge in [-0.15, -0.1) is 0 Å². The number of benzene rings is 1. The van der Waals surface area contributed by atoms with Crippen molar-refractivity contribution in [2.75, 3.05) is 30.8 Å². The first-order chi connectivity index (χ1) is 14.8. The molecule has 0 radical (unpaired) electrons. The third-order valence-corrected chi connectivity index (χ3v) is 4.36. The number of nitrogens with one attached hydrogen (secondary N) is 2. The molecule has 2 aromatic heterocycles. The second-order valence-corrected chi connectivity index (χ2v) is 7.03. The van der Waals surface area contributed by atoms with Crippen LogP contribution in [0.1, 0.15) is 18.2 Å². The molecule has 0 atom stereocenters. The standard InChI is InChI=1S/C22H24N4O5/c1-4-30-22(29)24-16-8-9-17-15(10-21(28)31-18(17)11-16)12-26(3)13-20(27)25-19-7-5-6-14(2)23-19/h5-11H,4,12-13H2,1-3H3,(H,24,29)(H,23,25,27). The van der Waals surface area contributed by atoms with Crippen molar-refractivity contribution in [3.8, 4) is 0 Å². The van der Waals surface area contributed by atoms with Gasteiger partial charge in [0.2, 0.25) is 5.91 Å². The Kier molecular flexibility index (Phi) is 6.99. The highest BCUT2D eigenvalue weighted by Crippen LogP contribution is 2.22. The topological polar surface area (TPSA) is 114 Å². The van der Waals surface area contributed by atoms with Crippen LogP contribution in [0.2, 0.25) is 0 Å². The molecule has 2 N–H and O–H groups in total. The van der Waals surface area contributed by atoms with Crippen molar-refractivity contribution in [3.63, 3.8) is 0 Å². The summed E-state index contributed by atoms with van der Waals surface area (Å²) < 4.78 is 10.1. The molecular formula is C22H24N4O5. The number of nitrogens with zero attached hydrogens (tertiary/aromatic N) is 2. The van der Waals surface area contributed by atoms with Crippen molar-refractivity contribution in [1.29, 1.82) is 0 Å². The number of rotatable bonds is 7. The van der Waals surface area contributed by atoms with Crippen molar-refractivity contribution in [1.82, 2.24) is 9.88 Å². The van der Waals surface area contributed by atoms with Crippen LogP contribution in [0.3, 0.4) is 0 Å². The van der Waals surface area contributed by atoms with E-state index in [1.54, 1.807) is 43.1 Å². The van der Waals surface area contributed by atoms with Crippen LogP contribution in [-0.2, 0) is 16.1 Å². The molecule has 0 fully saturated rings. The minimum absolute atomic E-state index is 0.111. The monoisotopic (exact) mass is 424 g/mol. The number of likely N-dealkylation sites (N-methyl/N-ethyl adjacent to an activating group) is 1. The normalized spacial score (nSPS) is 10.8. The zero-order valence-corrected chi connectivity index (χ0v) is 17.6. The lowest BCUT2D eigenvalue weighted by Gasteiger charge is -2.17. The van der Waals surface area contributed by atoms with Gasteiger partial charge in [-0.1, -0.05) is 6.07 Å². The van der Waals surface area contributed by atoms with Crippen LogP contribution in [-0.4, -0.2) is 42.1 Å². The maximum absolute atomic E-state index is 12.3. The zero-order chi connectivity index (χ0) is 22.4. The Morgan fingerprint density at radius 1 is 1.16 bits per heavy atom. The summed E-state index contributed by atoms with van der Waals surface area (Å²) in [7, 11) is 1.78. The van der Waals surface area contributed by atoms with Crippen LogP contribution in [0.5, 0.6) is 0 Å². The van der Waals surface area contributed by atoms with Crippen molar-refractivity contribution in [2.24, 2.45) is 0 Å². The average molecular weight is 424 g/mol. The Labute approximate surface area is 179 Å². The number of hydrogen-bond donors (Lipinski definition) is 2. The first-order valence-electron chi connectivity index (χ1n) is 9.76. The SMILES string of the molecule is CCOC(=O)Nc1ccc2c(CN(C)CC(=O)Nc3cccc(C)n3)cc(=O)oc2c1. The van der Waals surface area contributed by atoms with Crippen LogP contribution in [0.4, 0.5) is 16.3 Å². The summed E-state index contributed by atoms with van der Waals surface area (Å²) in [5.41, 5.74) is 1.78. The molecule has 9 heteroatoms. The Morgan fingerprint density at radius 2 is 1.97 bits per heavy atom. The molecule has 0 bridgehead atoms. The molecular weight excluding hydrogens is 400 g/mol. The summed E-state index contributed by atoms with van der Waals surface area (Å²) >= 11 is 0. The number of pyridine rings is 1. The highest BCUT2D eigenvalue weighted by atomic mass is 16.5. The van der Waals surface area contributed by atoms with E-state index < -0.39 is 11.7 Å². The molecule has 0 unspecified atom stereocenters. The van der Waals surface area contributed by atoms with Gasteiger partial charge < -0.3 is 14.5 Å². The fraction of sp³-hybridized carbons (Fsp3) is 0.273. The van der Waals surface area contributed by atoms with Gasteiger partial charge in [0, 0.05) is 35.4 Å². The number of carbonyl (C=O) groups is 2. The zero-order valence-electron chi connectivity index (χ0n) is 17.6. The van der Waals surface area contributed by atoms with Crippen LogP contribution in [0.15, 0.2) is 51.7 Å². The molecule has 0 aliphatic carbocycles. The maximum atomic E-state index is 12.3. The van der Waals surface area contributed by atoms with Crippen LogP contribution in [0.25, 0.3) is 11.0 Å². The number of aromatic nitrogens is 1. The molecule has 2 heterocycles. The predicted octanol–water partition coefficient (Wildman–Crippen LogP) is 3.14. The maximum Gasteiger partial charge on any atom is 0.411 e. The number of fused-ring (bicyclic) bond motifs is 1. The summed E-state index contributed by atoms with van der Waals surface area (Å²) in [6.07, 6.45) is -0.589. The van der Waals surface area contributed by atoms with Gasteiger partial charge in [0.25, 0.3) is 0 Å². The summed E-state index contributed by atoms with van der Waals surface area (Å²) in [5.74, 6) is 0.277. The number of amides is 2. The lowest BCUT2D eigenvalue weighted by atomic mass is 10.1. The van der Waals surface area contributed by atoms with E-state index in [4.69, 9.17) is 9.15 Å². The summed E-state index contributed by atoms with van der Waals surface area (Å²) in [6, 6.07) is 11.8. The van der Waals surface area contributed by atoms with E-state index in [0.717, 1.165) is 5.69 Å². The molecule has 31 heavy (non-hydrogen) atoms. The van der Waals surface area contributed by atoms with Gasteiger partial charge in [0.05, 0.1) is 13.2 Å². The summed E-state index contributed by atoms with van der Waals surface area (Å²) in [6.45, 7) is 4.26. The van der Waals surface area contributed by atoms with E-state index in [9.17, 15) is 14.4 Å². The molecule has 0 spiro atoms. The molecule has 162 valence electrons. The van der Waals surface area contributed by atoms with Crippen molar-refractivity contribution in [3.05, 3.63) is 64.1 Å². The average Bonchev–Trinajstić information content (AvgIpc) is 2.67. The second kappa shape index (κ2) is 9.86. The van der Waals surface area contributed by atoms with Gasteiger partial charge in [-0.3, -0.25) is 15.0 Å². The van der Waals surface area contributed by atoms with Crippen LogP contribution >= 0.6 is 0 Å². The van der Waals surface area contributed by atoms with Crippen LogP contribution in [0, 0.1) is 6.92 Å². The summed E-state index contributed by atoms with van der Waals surface area (Å²) in [5, 5.41) is 6.05. The predicted molar refractivity (Wildman–Crippen MR) is 117 cm³/mol. The highest BCUT2D eigenvalue weighted by Gasteiger charge is 2.13. The van der Waals surface area contributed by atoms with E-state index in [-0.39, 0.29) is 19.1 Å². The number of carbonyl (C=O) groups excluding carboxylic acids is 2. The van der Waals surface area contributed by atoms with E-state index in [0.29, 0.717) is 34.6 Å². The first-order valence-corrected chi connectivity index (χ1v) is 9.76. The van der Waals surface area contributed by atoms with E-state index in [2.05, 4.69) is 15.6 Å². The van der Waals surface area contributed by atoms with Gasteiger partial charge in [-0.2, -0.15) is 0 Å². The minimum Gasteiger partial charge on any atom is -0.450 e. The Balaban J connectivity index is 1.72. The largest absolute Gasteiger partial charge is 0.450 e. The van der Waals surface area contributed by atoms with Crippen LogP contribution < -0.4 is 16.3 Å². The molecule has 2 amide bonds. The van der Waals surface area contributed by atoms with E-state index >= 15 is 0 Å².